The Kier molecular flexibility index (Phi) is 3.17. The molecule has 0 aliphatic carbocycles. The number of nitrogens with one attached hydrogen (secondary N) is 2. The standard InChI is InChI=1S/C13H15N3O5/c1-13(3-2-4-14-13)12(17)15-8-5-10-11(21-7-20-10)6-9(8)16(18)19/h5-6,14H,2-4,7H2,1H3,(H,15,17). The first kappa shape index (κ1) is 13.6. The van der Waals surface area contributed by atoms with Crippen molar-refractivity contribution in [2.75, 3.05) is 18.7 Å². The zero-order valence-corrected chi connectivity index (χ0v) is 11.5. The second-order valence-electron chi connectivity index (χ2n) is 5.30. The van der Waals surface area contributed by atoms with Crippen molar-refractivity contribution in [3.8, 4) is 11.5 Å². The van der Waals surface area contributed by atoms with Crippen LogP contribution in [0.3, 0.4) is 0 Å². The number of nitro groups is 1. The van der Waals surface area contributed by atoms with Gasteiger partial charge in [-0.3, -0.25) is 14.9 Å². The van der Waals surface area contributed by atoms with Crippen molar-refractivity contribution in [2.24, 2.45) is 0 Å². The van der Waals surface area contributed by atoms with Gasteiger partial charge < -0.3 is 20.1 Å². The molecule has 21 heavy (non-hydrogen) atoms. The highest BCUT2D eigenvalue weighted by Gasteiger charge is 2.37. The van der Waals surface area contributed by atoms with Gasteiger partial charge in [0, 0.05) is 6.07 Å². The summed E-state index contributed by atoms with van der Waals surface area (Å²) >= 11 is 0. The smallest absolute Gasteiger partial charge is 0.296 e. The third-order valence-electron chi connectivity index (χ3n) is 3.81. The molecule has 0 radical (unpaired) electrons. The summed E-state index contributed by atoms with van der Waals surface area (Å²) in [4.78, 5) is 22.9. The van der Waals surface area contributed by atoms with E-state index in [1.54, 1.807) is 6.92 Å². The van der Waals surface area contributed by atoms with E-state index >= 15 is 0 Å². The van der Waals surface area contributed by atoms with Gasteiger partial charge in [0.05, 0.1) is 16.5 Å². The molecule has 1 fully saturated rings. The van der Waals surface area contributed by atoms with Crippen molar-refractivity contribution in [2.45, 2.75) is 25.3 Å². The number of carbonyl (C=O) groups is 1. The largest absolute Gasteiger partial charge is 0.454 e. The Morgan fingerprint density at radius 3 is 2.76 bits per heavy atom. The number of rotatable bonds is 3. The van der Waals surface area contributed by atoms with Crippen molar-refractivity contribution in [1.82, 2.24) is 5.32 Å². The number of nitrogens with zero attached hydrogens (tertiary/aromatic N) is 1. The zero-order chi connectivity index (χ0) is 15.0. The fourth-order valence-electron chi connectivity index (χ4n) is 2.53. The van der Waals surface area contributed by atoms with Gasteiger partial charge in [0.2, 0.25) is 12.7 Å². The summed E-state index contributed by atoms with van der Waals surface area (Å²) in [5.41, 5.74) is -0.803. The van der Waals surface area contributed by atoms with E-state index in [4.69, 9.17) is 9.47 Å². The maximum absolute atomic E-state index is 12.3. The summed E-state index contributed by atoms with van der Waals surface area (Å²) in [6.45, 7) is 2.56. The minimum Gasteiger partial charge on any atom is -0.454 e. The number of fused-ring (bicyclic) bond motifs is 1. The van der Waals surface area contributed by atoms with Crippen LogP contribution in [0.15, 0.2) is 12.1 Å². The number of ether oxygens (including phenoxy) is 2. The third-order valence-corrected chi connectivity index (χ3v) is 3.81. The molecule has 112 valence electrons. The molecule has 0 bridgehead atoms. The van der Waals surface area contributed by atoms with Crippen LogP contribution in [0.4, 0.5) is 11.4 Å². The Morgan fingerprint density at radius 1 is 1.43 bits per heavy atom. The Morgan fingerprint density at radius 2 is 2.14 bits per heavy atom. The summed E-state index contributed by atoms with van der Waals surface area (Å²) < 4.78 is 10.3. The molecule has 1 amide bonds. The summed E-state index contributed by atoms with van der Waals surface area (Å²) in [7, 11) is 0. The van der Waals surface area contributed by atoms with Gasteiger partial charge in [-0.15, -0.1) is 0 Å². The Labute approximate surface area is 120 Å². The zero-order valence-electron chi connectivity index (χ0n) is 11.5. The second kappa shape index (κ2) is 4.88. The molecule has 1 aromatic rings. The number of carbonyl (C=O) groups excluding carboxylic acids is 1. The first-order valence-corrected chi connectivity index (χ1v) is 6.64. The summed E-state index contributed by atoms with van der Waals surface area (Å²) in [6, 6.07) is 2.69. The van der Waals surface area contributed by atoms with E-state index in [1.807, 2.05) is 0 Å². The van der Waals surface area contributed by atoms with Gasteiger partial charge in [-0.2, -0.15) is 0 Å². The lowest BCUT2D eigenvalue weighted by Gasteiger charge is -2.23. The molecule has 0 saturated carbocycles. The van der Waals surface area contributed by atoms with Gasteiger partial charge in [-0.25, -0.2) is 0 Å². The first-order chi connectivity index (χ1) is 9.99. The number of benzene rings is 1. The number of hydrogen-bond donors (Lipinski definition) is 2. The molecule has 1 unspecified atom stereocenters. The molecular weight excluding hydrogens is 278 g/mol. The van der Waals surface area contributed by atoms with Crippen molar-refractivity contribution in [1.29, 1.82) is 0 Å². The SMILES string of the molecule is CC1(C(=O)Nc2cc3c(cc2[N+](=O)[O-])OCO3)CCCN1. The number of anilines is 1. The Balaban J connectivity index is 1.91. The highest BCUT2D eigenvalue weighted by Crippen LogP contribution is 2.40. The molecule has 1 atom stereocenters. The van der Waals surface area contributed by atoms with Crippen molar-refractivity contribution < 1.29 is 19.2 Å². The number of amides is 1. The number of hydrogen-bond acceptors (Lipinski definition) is 6. The lowest BCUT2D eigenvalue weighted by atomic mass is 9.99. The maximum atomic E-state index is 12.3. The average Bonchev–Trinajstić information content (AvgIpc) is 3.06. The summed E-state index contributed by atoms with van der Waals surface area (Å²) in [5.74, 6) is 0.410. The van der Waals surface area contributed by atoms with Crippen molar-refractivity contribution >= 4 is 17.3 Å². The molecule has 2 heterocycles. The summed E-state index contributed by atoms with van der Waals surface area (Å²) in [5, 5.41) is 16.9. The van der Waals surface area contributed by atoms with Crippen LogP contribution in [-0.2, 0) is 4.79 Å². The minimum absolute atomic E-state index is 0.0170. The van der Waals surface area contributed by atoms with E-state index in [0.717, 1.165) is 13.0 Å². The lowest BCUT2D eigenvalue weighted by molar-refractivity contribution is -0.384. The normalized spacial score (nSPS) is 23.1. The maximum Gasteiger partial charge on any atom is 0.296 e. The van der Waals surface area contributed by atoms with Gasteiger partial charge in [0.25, 0.3) is 5.69 Å². The van der Waals surface area contributed by atoms with E-state index in [2.05, 4.69) is 10.6 Å². The van der Waals surface area contributed by atoms with Gasteiger partial charge in [0.15, 0.2) is 11.5 Å². The highest BCUT2D eigenvalue weighted by atomic mass is 16.7. The fourth-order valence-corrected chi connectivity index (χ4v) is 2.53. The fraction of sp³-hybridized carbons (Fsp3) is 0.462. The van der Waals surface area contributed by atoms with Crippen LogP contribution >= 0.6 is 0 Å². The lowest BCUT2D eigenvalue weighted by Crippen LogP contribution is -2.48. The topological polar surface area (TPSA) is 103 Å². The van der Waals surface area contributed by atoms with Crippen LogP contribution in [0.25, 0.3) is 0 Å². The van der Waals surface area contributed by atoms with Gasteiger partial charge in [-0.05, 0) is 26.3 Å². The van der Waals surface area contributed by atoms with E-state index in [9.17, 15) is 14.9 Å². The molecule has 3 rings (SSSR count). The monoisotopic (exact) mass is 293 g/mol. The predicted octanol–water partition coefficient (Wildman–Crippen LogP) is 1.40. The Bertz CT molecular complexity index is 610. The van der Waals surface area contributed by atoms with Crippen LogP contribution in [0.5, 0.6) is 11.5 Å². The van der Waals surface area contributed by atoms with Gasteiger partial charge in [0.1, 0.15) is 5.69 Å². The van der Waals surface area contributed by atoms with Crippen molar-refractivity contribution in [3.05, 3.63) is 22.2 Å². The van der Waals surface area contributed by atoms with Crippen LogP contribution < -0.4 is 20.1 Å². The van der Waals surface area contributed by atoms with Gasteiger partial charge in [-0.1, -0.05) is 0 Å². The molecule has 0 spiro atoms. The van der Waals surface area contributed by atoms with E-state index in [1.165, 1.54) is 12.1 Å². The molecule has 8 nitrogen and oxygen atoms in total. The molecule has 1 saturated heterocycles. The van der Waals surface area contributed by atoms with Crippen LogP contribution in [0.2, 0.25) is 0 Å². The van der Waals surface area contributed by atoms with Crippen LogP contribution in [-0.4, -0.2) is 29.7 Å². The second-order valence-corrected chi connectivity index (χ2v) is 5.30. The minimum atomic E-state index is -0.704. The Hall–Kier alpha value is -2.35. The number of nitro benzene ring substituents is 1. The quantitative estimate of drug-likeness (QED) is 0.645. The molecule has 2 aliphatic rings. The van der Waals surface area contributed by atoms with Crippen LogP contribution in [0, 0.1) is 10.1 Å². The highest BCUT2D eigenvalue weighted by molar-refractivity contribution is 6.00. The molecule has 2 aliphatic heterocycles. The molecule has 8 heteroatoms. The average molecular weight is 293 g/mol. The van der Waals surface area contributed by atoms with Crippen LogP contribution in [0.1, 0.15) is 19.8 Å². The molecule has 1 aromatic carbocycles. The first-order valence-electron chi connectivity index (χ1n) is 6.64. The summed E-state index contributed by atoms with van der Waals surface area (Å²) in [6.07, 6.45) is 1.59. The van der Waals surface area contributed by atoms with E-state index in [0.29, 0.717) is 17.9 Å². The van der Waals surface area contributed by atoms with Crippen molar-refractivity contribution in [3.63, 3.8) is 0 Å². The third kappa shape index (κ3) is 2.38. The molecular formula is C13H15N3O5. The molecule has 2 N–H and O–H groups in total. The van der Waals surface area contributed by atoms with E-state index < -0.39 is 10.5 Å². The molecule has 0 aromatic heterocycles. The van der Waals surface area contributed by atoms with E-state index in [-0.39, 0.29) is 24.1 Å². The van der Waals surface area contributed by atoms with Gasteiger partial charge >= 0.3 is 0 Å². The predicted molar refractivity (Wildman–Crippen MR) is 73.5 cm³/mol.